The molecular formula is C20H21FN2O6. The van der Waals surface area contributed by atoms with Crippen LogP contribution in [0.4, 0.5) is 10.1 Å². The van der Waals surface area contributed by atoms with Gasteiger partial charge in [0.1, 0.15) is 5.82 Å². The molecule has 0 spiro atoms. The van der Waals surface area contributed by atoms with E-state index in [2.05, 4.69) is 0 Å². The molecule has 29 heavy (non-hydrogen) atoms. The third kappa shape index (κ3) is 6.00. The predicted molar refractivity (Wildman–Crippen MR) is 102 cm³/mol. The van der Waals surface area contributed by atoms with Crippen LogP contribution in [0.2, 0.25) is 0 Å². The van der Waals surface area contributed by atoms with Crippen molar-refractivity contribution in [1.82, 2.24) is 4.90 Å². The Hall–Kier alpha value is -3.49. The van der Waals surface area contributed by atoms with E-state index in [4.69, 9.17) is 9.47 Å². The molecule has 9 heteroatoms. The van der Waals surface area contributed by atoms with Crippen LogP contribution in [-0.4, -0.2) is 41.5 Å². The maximum absolute atomic E-state index is 13.3. The summed E-state index contributed by atoms with van der Waals surface area (Å²) in [5.41, 5.74) is 0.170. The van der Waals surface area contributed by atoms with E-state index >= 15 is 0 Å². The standard InChI is InChI=1S/C20H21FN2O6/c1-3-22(12-14-6-5-7-16(21)10-14)19(24)13-29-20(25)15-8-9-18(28-4-2)17(11-15)23(26)27/h5-11H,3-4,12-13H2,1-2H3. The van der Waals surface area contributed by atoms with E-state index in [1.54, 1.807) is 26.0 Å². The van der Waals surface area contributed by atoms with E-state index in [1.807, 2.05) is 0 Å². The number of hydrogen-bond donors (Lipinski definition) is 0. The fourth-order valence-corrected chi connectivity index (χ4v) is 2.60. The Balaban J connectivity index is 2.02. The van der Waals surface area contributed by atoms with Crippen LogP contribution in [0.3, 0.4) is 0 Å². The molecule has 2 aromatic carbocycles. The smallest absolute Gasteiger partial charge is 0.338 e. The van der Waals surface area contributed by atoms with Gasteiger partial charge in [-0.1, -0.05) is 12.1 Å². The second-order valence-electron chi connectivity index (χ2n) is 5.99. The Labute approximate surface area is 167 Å². The molecule has 1 amide bonds. The van der Waals surface area contributed by atoms with E-state index in [1.165, 1.54) is 29.2 Å². The normalized spacial score (nSPS) is 10.3. The maximum Gasteiger partial charge on any atom is 0.338 e. The molecule has 2 rings (SSSR count). The topological polar surface area (TPSA) is 99.0 Å². The van der Waals surface area contributed by atoms with Crippen LogP contribution in [0, 0.1) is 15.9 Å². The third-order valence-corrected chi connectivity index (χ3v) is 4.01. The predicted octanol–water partition coefficient (Wildman–Crippen LogP) is 3.34. The van der Waals surface area contributed by atoms with Crippen molar-refractivity contribution in [2.45, 2.75) is 20.4 Å². The Kier molecular flexibility index (Phi) is 7.64. The molecule has 0 radical (unpaired) electrons. The van der Waals surface area contributed by atoms with E-state index in [-0.39, 0.29) is 30.2 Å². The minimum absolute atomic E-state index is 0.0392. The molecule has 8 nitrogen and oxygen atoms in total. The molecule has 0 heterocycles. The summed E-state index contributed by atoms with van der Waals surface area (Å²) < 4.78 is 23.5. The maximum atomic E-state index is 13.3. The molecule has 0 fully saturated rings. The number of nitro groups is 1. The number of ether oxygens (including phenoxy) is 2. The van der Waals surface area contributed by atoms with Crippen LogP contribution in [-0.2, 0) is 16.1 Å². The van der Waals surface area contributed by atoms with Gasteiger partial charge in [0.25, 0.3) is 5.91 Å². The molecule has 0 unspecified atom stereocenters. The van der Waals surface area contributed by atoms with Crippen LogP contribution in [0.25, 0.3) is 0 Å². The van der Waals surface area contributed by atoms with Crippen molar-refractivity contribution in [3.63, 3.8) is 0 Å². The zero-order chi connectivity index (χ0) is 21.4. The molecule has 0 N–H and O–H groups in total. The van der Waals surface area contributed by atoms with E-state index in [0.29, 0.717) is 12.1 Å². The van der Waals surface area contributed by atoms with Gasteiger partial charge in [-0.3, -0.25) is 14.9 Å². The highest BCUT2D eigenvalue weighted by Crippen LogP contribution is 2.28. The number of rotatable bonds is 9. The summed E-state index contributed by atoms with van der Waals surface area (Å²) in [4.78, 5) is 36.4. The van der Waals surface area contributed by atoms with Crippen LogP contribution in [0.5, 0.6) is 5.75 Å². The van der Waals surface area contributed by atoms with E-state index < -0.39 is 29.2 Å². The average Bonchev–Trinajstić information content (AvgIpc) is 2.70. The van der Waals surface area contributed by atoms with Gasteiger partial charge in [-0.05, 0) is 43.7 Å². The van der Waals surface area contributed by atoms with Gasteiger partial charge >= 0.3 is 11.7 Å². The lowest BCUT2D eigenvalue weighted by Crippen LogP contribution is -2.34. The van der Waals surface area contributed by atoms with Gasteiger partial charge in [0, 0.05) is 19.2 Å². The highest BCUT2D eigenvalue weighted by atomic mass is 19.1. The summed E-state index contributed by atoms with van der Waals surface area (Å²) in [5, 5.41) is 11.1. The molecule has 0 atom stereocenters. The Morgan fingerprint density at radius 2 is 1.93 bits per heavy atom. The van der Waals surface area contributed by atoms with E-state index in [9.17, 15) is 24.1 Å². The van der Waals surface area contributed by atoms with Crippen LogP contribution < -0.4 is 4.74 Å². The first-order chi connectivity index (χ1) is 13.8. The number of carbonyl (C=O) groups is 2. The summed E-state index contributed by atoms with van der Waals surface area (Å²) in [6.45, 7) is 3.62. The molecule has 2 aromatic rings. The van der Waals surface area contributed by atoms with Crippen molar-refractivity contribution in [2.75, 3.05) is 19.8 Å². The Morgan fingerprint density at radius 3 is 2.55 bits per heavy atom. The fraction of sp³-hybridized carbons (Fsp3) is 0.300. The van der Waals surface area contributed by atoms with Crippen molar-refractivity contribution in [1.29, 1.82) is 0 Å². The van der Waals surface area contributed by atoms with Gasteiger partial charge in [0.2, 0.25) is 0 Å². The fourth-order valence-electron chi connectivity index (χ4n) is 2.60. The van der Waals surface area contributed by atoms with Gasteiger partial charge in [0.05, 0.1) is 17.1 Å². The minimum atomic E-state index is -0.869. The van der Waals surface area contributed by atoms with Crippen molar-refractivity contribution >= 4 is 17.6 Å². The summed E-state index contributed by atoms with van der Waals surface area (Å²) >= 11 is 0. The van der Waals surface area contributed by atoms with Gasteiger partial charge in [-0.2, -0.15) is 0 Å². The van der Waals surface area contributed by atoms with Crippen LogP contribution >= 0.6 is 0 Å². The summed E-state index contributed by atoms with van der Waals surface area (Å²) in [7, 11) is 0. The van der Waals surface area contributed by atoms with Crippen LogP contribution in [0.15, 0.2) is 42.5 Å². The zero-order valence-corrected chi connectivity index (χ0v) is 16.1. The van der Waals surface area contributed by atoms with Gasteiger partial charge < -0.3 is 14.4 Å². The number of nitrogens with zero attached hydrogens (tertiary/aromatic N) is 2. The van der Waals surface area contributed by atoms with Crippen molar-refractivity contribution in [3.05, 3.63) is 69.5 Å². The quantitative estimate of drug-likeness (QED) is 0.361. The lowest BCUT2D eigenvalue weighted by Gasteiger charge is -2.21. The SMILES string of the molecule is CCOc1ccc(C(=O)OCC(=O)N(CC)Cc2cccc(F)c2)cc1[N+](=O)[O-]. The molecule has 0 bridgehead atoms. The summed E-state index contributed by atoms with van der Waals surface area (Å²) in [6.07, 6.45) is 0. The molecule has 0 saturated heterocycles. The number of nitro benzene ring substituents is 1. The second-order valence-corrected chi connectivity index (χ2v) is 5.99. The number of esters is 1. The number of benzene rings is 2. The molecule has 0 aliphatic rings. The number of halogens is 1. The third-order valence-electron chi connectivity index (χ3n) is 4.01. The van der Waals surface area contributed by atoms with Crippen molar-refractivity contribution < 1.29 is 28.4 Å². The summed E-state index contributed by atoms with van der Waals surface area (Å²) in [5.74, 6) is -1.70. The van der Waals surface area contributed by atoms with Gasteiger partial charge in [0.15, 0.2) is 12.4 Å². The number of likely N-dealkylation sites (N-methyl/N-ethyl adjacent to an activating group) is 1. The lowest BCUT2D eigenvalue weighted by molar-refractivity contribution is -0.385. The molecule has 0 aliphatic carbocycles. The Bertz CT molecular complexity index is 902. The first-order valence-corrected chi connectivity index (χ1v) is 8.96. The second kappa shape index (κ2) is 10.2. The molecule has 154 valence electrons. The first kappa shape index (κ1) is 21.8. The van der Waals surface area contributed by atoms with Gasteiger partial charge in [-0.15, -0.1) is 0 Å². The molecule has 0 aliphatic heterocycles. The molecular weight excluding hydrogens is 383 g/mol. The number of carbonyl (C=O) groups excluding carboxylic acids is 2. The minimum Gasteiger partial charge on any atom is -0.487 e. The highest BCUT2D eigenvalue weighted by molar-refractivity contribution is 5.92. The monoisotopic (exact) mass is 404 g/mol. The van der Waals surface area contributed by atoms with Gasteiger partial charge in [-0.25, -0.2) is 9.18 Å². The Morgan fingerprint density at radius 1 is 1.17 bits per heavy atom. The zero-order valence-electron chi connectivity index (χ0n) is 16.1. The van der Waals surface area contributed by atoms with Crippen LogP contribution in [0.1, 0.15) is 29.8 Å². The largest absolute Gasteiger partial charge is 0.487 e. The number of hydrogen-bond acceptors (Lipinski definition) is 6. The van der Waals surface area contributed by atoms with Crippen molar-refractivity contribution in [3.8, 4) is 5.75 Å². The van der Waals surface area contributed by atoms with Crippen molar-refractivity contribution in [2.24, 2.45) is 0 Å². The highest BCUT2D eigenvalue weighted by Gasteiger charge is 2.21. The average molecular weight is 404 g/mol. The summed E-state index contributed by atoms with van der Waals surface area (Å²) in [6, 6.07) is 9.53. The van der Waals surface area contributed by atoms with E-state index in [0.717, 1.165) is 6.07 Å². The molecule has 0 aromatic heterocycles. The first-order valence-electron chi connectivity index (χ1n) is 8.96. The number of amides is 1. The lowest BCUT2D eigenvalue weighted by atomic mass is 10.2. The molecule has 0 saturated carbocycles.